The van der Waals surface area contributed by atoms with Crippen molar-refractivity contribution in [3.63, 3.8) is 0 Å². The van der Waals surface area contributed by atoms with Crippen LogP contribution >= 0.6 is 11.6 Å². The normalized spacial score (nSPS) is 12.3. The number of halogens is 1. The molecule has 0 heterocycles. The van der Waals surface area contributed by atoms with Gasteiger partial charge in [-0.1, -0.05) is 30.3 Å². The molecular weight excluding hydrogens is 264 g/mol. The minimum absolute atomic E-state index is 0.0640. The van der Waals surface area contributed by atoms with Crippen molar-refractivity contribution in [3.05, 3.63) is 42.0 Å². The number of carboxylic acid groups (broad SMARTS) is 1. The third-order valence-corrected chi connectivity index (χ3v) is 3.54. The Morgan fingerprint density at radius 3 is 2.58 bits per heavy atom. The zero-order valence-corrected chi connectivity index (χ0v) is 11.4. The van der Waals surface area contributed by atoms with E-state index in [2.05, 4.69) is 0 Å². The van der Waals surface area contributed by atoms with Crippen molar-refractivity contribution < 1.29 is 14.6 Å². The lowest BCUT2D eigenvalue weighted by Crippen LogP contribution is -1.99. The van der Waals surface area contributed by atoms with Crippen LogP contribution in [0.3, 0.4) is 0 Å². The molecule has 2 aromatic rings. The summed E-state index contributed by atoms with van der Waals surface area (Å²) in [6, 6.07) is 11.6. The summed E-state index contributed by atoms with van der Waals surface area (Å²) in [5.41, 5.74) is 0.944. The first-order valence-electron chi connectivity index (χ1n) is 6.05. The molecular formula is C15H15ClO3. The fourth-order valence-electron chi connectivity index (χ4n) is 2.15. The van der Waals surface area contributed by atoms with Crippen LogP contribution in [0.1, 0.15) is 23.8 Å². The van der Waals surface area contributed by atoms with E-state index in [4.69, 9.17) is 21.4 Å². The Hall–Kier alpha value is -1.74. The summed E-state index contributed by atoms with van der Waals surface area (Å²) in [7, 11) is 1.63. The van der Waals surface area contributed by atoms with Crippen LogP contribution in [0.15, 0.2) is 36.4 Å². The van der Waals surface area contributed by atoms with Crippen LogP contribution in [0.5, 0.6) is 5.75 Å². The van der Waals surface area contributed by atoms with Gasteiger partial charge >= 0.3 is 5.97 Å². The van der Waals surface area contributed by atoms with Crippen LogP contribution in [-0.4, -0.2) is 18.2 Å². The molecule has 0 radical (unpaired) electrons. The predicted octanol–water partition coefficient (Wildman–Crippen LogP) is 3.99. The second-order valence-electron chi connectivity index (χ2n) is 4.30. The maximum Gasteiger partial charge on any atom is 0.303 e. The topological polar surface area (TPSA) is 46.5 Å². The van der Waals surface area contributed by atoms with Crippen molar-refractivity contribution in [2.45, 2.75) is 18.2 Å². The van der Waals surface area contributed by atoms with Gasteiger partial charge in [0.05, 0.1) is 12.5 Å². The van der Waals surface area contributed by atoms with E-state index >= 15 is 0 Å². The van der Waals surface area contributed by atoms with Gasteiger partial charge in [-0.25, -0.2) is 0 Å². The number of ether oxygens (including phenoxy) is 1. The fraction of sp³-hybridized carbons (Fsp3) is 0.267. The molecule has 3 nitrogen and oxygen atoms in total. The molecule has 1 atom stereocenters. The Labute approximate surface area is 116 Å². The van der Waals surface area contributed by atoms with Gasteiger partial charge in [-0.2, -0.15) is 0 Å². The molecule has 1 unspecified atom stereocenters. The van der Waals surface area contributed by atoms with E-state index in [0.29, 0.717) is 6.42 Å². The SMILES string of the molecule is COc1ccc(C(Cl)CCC(=O)O)c2ccccc12. The van der Waals surface area contributed by atoms with Crippen molar-refractivity contribution in [1.29, 1.82) is 0 Å². The lowest BCUT2D eigenvalue weighted by molar-refractivity contribution is -0.137. The predicted molar refractivity (Wildman–Crippen MR) is 76.0 cm³/mol. The number of fused-ring (bicyclic) bond motifs is 1. The Kier molecular flexibility index (Phi) is 4.27. The highest BCUT2D eigenvalue weighted by atomic mass is 35.5. The molecule has 2 rings (SSSR count). The molecule has 19 heavy (non-hydrogen) atoms. The molecule has 0 saturated heterocycles. The molecule has 0 saturated carbocycles. The van der Waals surface area contributed by atoms with E-state index in [1.165, 1.54) is 0 Å². The van der Waals surface area contributed by atoms with E-state index in [1.807, 2.05) is 36.4 Å². The molecule has 0 aromatic heterocycles. The summed E-state index contributed by atoms with van der Waals surface area (Å²) in [4.78, 5) is 10.6. The highest BCUT2D eigenvalue weighted by Gasteiger charge is 2.14. The highest BCUT2D eigenvalue weighted by molar-refractivity contribution is 6.22. The molecule has 0 aliphatic carbocycles. The zero-order chi connectivity index (χ0) is 13.8. The quantitative estimate of drug-likeness (QED) is 0.841. The molecule has 0 bridgehead atoms. The van der Waals surface area contributed by atoms with Crippen molar-refractivity contribution in [2.24, 2.45) is 0 Å². The number of alkyl halides is 1. The van der Waals surface area contributed by atoms with Gasteiger partial charge in [0.25, 0.3) is 0 Å². The van der Waals surface area contributed by atoms with Gasteiger partial charge in [-0.05, 0) is 23.4 Å². The third kappa shape index (κ3) is 2.99. The van der Waals surface area contributed by atoms with Crippen molar-refractivity contribution in [1.82, 2.24) is 0 Å². The van der Waals surface area contributed by atoms with Crippen LogP contribution in [0.25, 0.3) is 10.8 Å². The third-order valence-electron chi connectivity index (χ3n) is 3.09. The van der Waals surface area contributed by atoms with E-state index in [9.17, 15) is 4.79 Å². The van der Waals surface area contributed by atoms with Gasteiger partial charge in [0.15, 0.2) is 0 Å². The average Bonchev–Trinajstić information content (AvgIpc) is 2.43. The van der Waals surface area contributed by atoms with Gasteiger partial charge in [0.1, 0.15) is 5.75 Å². The fourth-order valence-corrected chi connectivity index (χ4v) is 2.45. The number of benzene rings is 2. The summed E-state index contributed by atoms with van der Waals surface area (Å²) in [6.45, 7) is 0. The van der Waals surface area contributed by atoms with Crippen molar-refractivity contribution in [3.8, 4) is 5.75 Å². The smallest absolute Gasteiger partial charge is 0.303 e. The number of rotatable bonds is 5. The molecule has 1 N–H and O–H groups in total. The second-order valence-corrected chi connectivity index (χ2v) is 4.83. The number of aliphatic carboxylic acids is 1. The summed E-state index contributed by atoms with van der Waals surface area (Å²) in [5.74, 6) is -0.0371. The summed E-state index contributed by atoms with van der Waals surface area (Å²) in [6.07, 6.45) is 0.474. The second kappa shape index (κ2) is 5.93. The number of carbonyl (C=O) groups is 1. The molecule has 0 fully saturated rings. The van der Waals surface area contributed by atoms with E-state index in [0.717, 1.165) is 22.1 Å². The Morgan fingerprint density at radius 1 is 1.26 bits per heavy atom. The molecule has 0 amide bonds. The highest BCUT2D eigenvalue weighted by Crippen LogP contribution is 2.35. The largest absolute Gasteiger partial charge is 0.496 e. The first kappa shape index (κ1) is 13.7. The molecule has 2 aromatic carbocycles. The van der Waals surface area contributed by atoms with Crippen LogP contribution < -0.4 is 4.74 Å². The van der Waals surface area contributed by atoms with E-state index < -0.39 is 5.97 Å². The summed E-state index contributed by atoms with van der Waals surface area (Å²) < 4.78 is 5.32. The first-order chi connectivity index (χ1) is 9.13. The number of hydrogen-bond donors (Lipinski definition) is 1. The molecule has 0 spiro atoms. The maximum atomic E-state index is 10.6. The van der Waals surface area contributed by atoms with Crippen LogP contribution in [0.4, 0.5) is 0 Å². The van der Waals surface area contributed by atoms with Crippen LogP contribution in [0.2, 0.25) is 0 Å². The molecule has 100 valence electrons. The van der Waals surface area contributed by atoms with Crippen molar-refractivity contribution >= 4 is 28.3 Å². The minimum Gasteiger partial charge on any atom is -0.496 e. The van der Waals surface area contributed by atoms with Gasteiger partial charge in [0.2, 0.25) is 0 Å². The van der Waals surface area contributed by atoms with Gasteiger partial charge in [0, 0.05) is 11.8 Å². The van der Waals surface area contributed by atoms with Crippen LogP contribution in [-0.2, 0) is 4.79 Å². The molecule has 4 heteroatoms. The lowest BCUT2D eigenvalue weighted by Gasteiger charge is -2.14. The van der Waals surface area contributed by atoms with E-state index in [-0.39, 0.29) is 11.8 Å². The van der Waals surface area contributed by atoms with Crippen molar-refractivity contribution in [2.75, 3.05) is 7.11 Å². The molecule has 0 aliphatic heterocycles. The van der Waals surface area contributed by atoms with Gasteiger partial charge in [-0.3, -0.25) is 4.79 Å². The minimum atomic E-state index is -0.830. The van der Waals surface area contributed by atoms with Crippen LogP contribution in [0, 0.1) is 0 Å². The summed E-state index contributed by atoms with van der Waals surface area (Å²) in [5, 5.41) is 10.4. The number of methoxy groups -OCH3 is 1. The van der Waals surface area contributed by atoms with E-state index in [1.54, 1.807) is 7.11 Å². The Balaban J connectivity index is 2.41. The standard InChI is InChI=1S/C15H15ClO3/c1-19-14-8-6-11(13(16)7-9-15(17)18)10-4-2-3-5-12(10)14/h2-6,8,13H,7,9H2,1H3,(H,17,18). The Morgan fingerprint density at radius 2 is 1.95 bits per heavy atom. The summed E-state index contributed by atoms with van der Waals surface area (Å²) >= 11 is 6.32. The number of hydrogen-bond acceptors (Lipinski definition) is 2. The Bertz CT molecular complexity index is 595. The van der Waals surface area contributed by atoms with Gasteiger partial charge in [-0.15, -0.1) is 11.6 Å². The maximum absolute atomic E-state index is 10.6. The number of carboxylic acids is 1. The average molecular weight is 279 g/mol. The monoisotopic (exact) mass is 278 g/mol. The zero-order valence-electron chi connectivity index (χ0n) is 10.6. The molecule has 0 aliphatic rings. The van der Waals surface area contributed by atoms with Gasteiger partial charge < -0.3 is 9.84 Å². The lowest BCUT2D eigenvalue weighted by atomic mass is 9.99. The first-order valence-corrected chi connectivity index (χ1v) is 6.48.